The van der Waals surface area contributed by atoms with E-state index in [0.29, 0.717) is 16.8 Å². The Labute approximate surface area is 230 Å². The summed E-state index contributed by atoms with van der Waals surface area (Å²) in [6.45, 7) is 0.295. The van der Waals surface area contributed by atoms with E-state index in [1.54, 1.807) is 25.1 Å². The van der Waals surface area contributed by atoms with Crippen LogP contribution < -0.4 is 19.9 Å². The molecule has 41 heavy (non-hydrogen) atoms. The summed E-state index contributed by atoms with van der Waals surface area (Å²) in [5, 5.41) is 0. The monoisotopic (exact) mass is 566 g/mol. The smallest absolute Gasteiger partial charge is 0.422 e. The molecule has 210 valence electrons. The molecule has 0 radical (unpaired) electrons. The van der Waals surface area contributed by atoms with Gasteiger partial charge >= 0.3 is 12.3 Å². The van der Waals surface area contributed by atoms with Gasteiger partial charge in [0.15, 0.2) is 12.4 Å². The average molecular weight is 567 g/mol. The van der Waals surface area contributed by atoms with Gasteiger partial charge in [0.1, 0.15) is 29.9 Å². The van der Waals surface area contributed by atoms with Crippen molar-refractivity contribution < 1.29 is 36.6 Å². The lowest BCUT2D eigenvalue weighted by Gasteiger charge is -2.16. The molecule has 0 fully saturated rings. The number of hydrogen-bond acceptors (Lipinski definition) is 6. The van der Waals surface area contributed by atoms with Crippen LogP contribution in [0.2, 0.25) is 0 Å². The number of benzene rings is 3. The summed E-state index contributed by atoms with van der Waals surface area (Å²) in [5.41, 5.74) is 7.70. The SMILES string of the molecule is Cc1c(-c2ccc(OC(N)=O)cc2)n(-c2ccc(OCc3ccccc3)cc2F)c2c(OCC(F)(F)F)ncnc12. The molecule has 8 nitrogen and oxygen atoms in total. The van der Waals surface area contributed by atoms with Gasteiger partial charge in [-0.3, -0.25) is 4.57 Å². The highest BCUT2D eigenvalue weighted by Gasteiger charge is 2.31. The fraction of sp³-hybridized carbons (Fsp3) is 0.138. The summed E-state index contributed by atoms with van der Waals surface area (Å²) < 4.78 is 72.0. The molecule has 2 N–H and O–H groups in total. The molecule has 0 aliphatic carbocycles. The average Bonchev–Trinajstić information content (AvgIpc) is 3.23. The van der Waals surface area contributed by atoms with Gasteiger partial charge in [-0.15, -0.1) is 0 Å². The topological polar surface area (TPSA) is 101 Å². The maximum atomic E-state index is 15.8. The molecule has 5 rings (SSSR count). The number of carbonyl (C=O) groups excluding carboxylic acids is 1. The van der Waals surface area contributed by atoms with Crippen molar-refractivity contribution in [3.63, 3.8) is 0 Å². The molecule has 0 saturated carbocycles. The molecule has 2 aromatic heterocycles. The highest BCUT2D eigenvalue weighted by atomic mass is 19.4. The molecule has 0 unspecified atom stereocenters. The lowest BCUT2D eigenvalue weighted by Crippen LogP contribution is -2.20. The Hall–Kier alpha value is -5.13. The van der Waals surface area contributed by atoms with E-state index in [1.807, 2.05) is 30.3 Å². The molecule has 0 bridgehead atoms. The standard InChI is InChI=1S/C29H22F4N4O4/c1-17-24-26(27(36-16-35-24)40-15-29(31,32)33)37(25(17)19-7-9-20(10-8-19)41-28(34)38)23-12-11-21(13-22(23)30)39-14-18-5-3-2-4-6-18/h2-13,16H,14-15H2,1H3,(H2,34,38). The van der Waals surface area contributed by atoms with E-state index in [2.05, 4.69) is 9.97 Å². The molecule has 3 aromatic carbocycles. The summed E-state index contributed by atoms with van der Waals surface area (Å²) in [6, 6.07) is 19.6. The molecule has 12 heteroatoms. The minimum atomic E-state index is -4.63. The van der Waals surface area contributed by atoms with Gasteiger partial charge in [0.05, 0.1) is 16.9 Å². The van der Waals surface area contributed by atoms with Gasteiger partial charge in [-0.25, -0.2) is 14.2 Å². The predicted molar refractivity (Wildman–Crippen MR) is 142 cm³/mol. The fourth-order valence-electron chi connectivity index (χ4n) is 4.37. The number of rotatable bonds is 8. The van der Waals surface area contributed by atoms with E-state index in [9.17, 15) is 18.0 Å². The molecule has 0 saturated heterocycles. The van der Waals surface area contributed by atoms with Gasteiger partial charge < -0.3 is 19.9 Å². The predicted octanol–water partition coefficient (Wildman–Crippen LogP) is 6.51. The number of primary amides is 1. The lowest BCUT2D eigenvalue weighted by atomic mass is 10.1. The van der Waals surface area contributed by atoms with E-state index in [4.69, 9.17) is 19.9 Å². The number of alkyl halides is 3. The maximum absolute atomic E-state index is 15.8. The highest BCUT2D eigenvalue weighted by Crippen LogP contribution is 2.40. The first kappa shape index (κ1) is 27.4. The number of aromatic nitrogens is 3. The zero-order chi connectivity index (χ0) is 29.1. The molecule has 0 spiro atoms. The van der Waals surface area contributed by atoms with Crippen molar-refractivity contribution in [2.24, 2.45) is 5.73 Å². The van der Waals surface area contributed by atoms with Crippen LogP contribution in [0.5, 0.6) is 17.4 Å². The van der Waals surface area contributed by atoms with Crippen LogP contribution in [0.15, 0.2) is 79.1 Å². The van der Waals surface area contributed by atoms with Gasteiger partial charge in [0, 0.05) is 11.6 Å². The molecule has 5 aromatic rings. The summed E-state index contributed by atoms with van der Waals surface area (Å²) in [4.78, 5) is 19.3. The molecule has 2 heterocycles. The lowest BCUT2D eigenvalue weighted by molar-refractivity contribution is -0.153. The summed E-state index contributed by atoms with van der Waals surface area (Å²) in [6.07, 6.45) is -4.55. The van der Waals surface area contributed by atoms with E-state index in [1.165, 1.54) is 28.8 Å². The maximum Gasteiger partial charge on any atom is 0.422 e. The minimum absolute atomic E-state index is 0.00529. The van der Waals surface area contributed by atoms with Crippen LogP contribution in [0, 0.1) is 12.7 Å². The van der Waals surface area contributed by atoms with Gasteiger partial charge in [-0.05, 0) is 54.4 Å². The van der Waals surface area contributed by atoms with Crippen LogP contribution in [0.1, 0.15) is 11.1 Å². The molecular formula is C29H22F4N4O4. The number of halogens is 4. The summed E-state index contributed by atoms with van der Waals surface area (Å²) in [5.74, 6) is -0.670. The van der Waals surface area contributed by atoms with Crippen molar-refractivity contribution >= 4 is 17.1 Å². The number of amides is 1. The van der Waals surface area contributed by atoms with Crippen LogP contribution in [0.3, 0.4) is 0 Å². The number of carbonyl (C=O) groups is 1. The number of aryl methyl sites for hydroxylation is 1. The number of ether oxygens (including phenoxy) is 3. The molecule has 0 aliphatic heterocycles. The zero-order valence-corrected chi connectivity index (χ0v) is 21.5. The third kappa shape index (κ3) is 6.06. The van der Waals surface area contributed by atoms with Crippen LogP contribution in [0.25, 0.3) is 28.0 Å². The van der Waals surface area contributed by atoms with E-state index in [0.717, 1.165) is 11.9 Å². The van der Waals surface area contributed by atoms with Crippen molar-refractivity contribution in [1.29, 1.82) is 0 Å². The third-order valence-corrected chi connectivity index (χ3v) is 6.07. The van der Waals surface area contributed by atoms with Crippen molar-refractivity contribution in [3.8, 4) is 34.3 Å². The highest BCUT2D eigenvalue weighted by molar-refractivity contribution is 5.93. The number of nitrogens with zero attached hydrogens (tertiary/aromatic N) is 3. The number of nitrogens with two attached hydrogens (primary N) is 1. The Morgan fingerprint density at radius 3 is 2.32 bits per heavy atom. The zero-order valence-electron chi connectivity index (χ0n) is 21.5. The van der Waals surface area contributed by atoms with Gasteiger partial charge in [0.2, 0.25) is 5.88 Å². The third-order valence-electron chi connectivity index (χ3n) is 6.07. The second-order valence-corrected chi connectivity index (χ2v) is 8.92. The Balaban J connectivity index is 1.64. The second kappa shape index (κ2) is 11.2. The minimum Gasteiger partial charge on any atom is -0.489 e. The normalized spacial score (nSPS) is 11.4. The second-order valence-electron chi connectivity index (χ2n) is 8.92. The van der Waals surface area contributed by atoms with Gasteiger partial charge in [-0.1, -0.05) is 30.3 Å². The largest absolute Gasteiger partial charge is 0.489 e. The Kier molecular flexibility index (Phi) is 7.47. The van der Waals surface area contributed by atoms with Gasteiger partial charge in [0.25, 0.3) is 0 Å². The molecular weight excluding hydrogens is 544 g/mol. The first-order valence-corrected chi connectivity index (χ1v) is 12.2. The Morgan fingerprint density at radius 1 is 0.951 bits per heavy atom. The van der Waals surface area contributed by atoms with E-state index < -0.39 is 24.7 Å². The summed E-state index contributed by atoms with van der Waals surface area (Å²) in [7, 11) is 0. The van der Waals surface area contributed by atoms with Crippen LogP contribution in [-0.2, 0) is 6.61 Å². The van der Waals surface area contributed by atoms with Crippen molar-refractivity contribution in [3.05, 3.63) is 96.1 Å². The van der Waals surface area contributed by atoms with Crippen LogP contribution in [-0.4, -0.2) is 33.4 Å². The molecule has 0 aliphatic rings. The summed E-state index contributed by atoms with van der Waals surface area (Å²) >= 11 is 0. The van der Waals surface area contributed by atoms with E-state index in [-0.39, 0.29) is 40.7 Å². The van der Waals surface area contributed by atoms with Crippen molar-refractivity contribution in [1.82, 2.24) is 14.5 Å². The van der Waals surface area contributed by atoms with Crippen molar-refractivity contribution in [2.75, 3.05) is 6.61 Å². The Morgan fingerprint density at radius 2 is 1.66 bits per heavy atom. The van der Waals surface area contributed by atoms with Gasteiger partial charge in [-0.2, -0.15) is 18.2 Å². The molecule has 0 atom stereocenters. The molecule has 1 amide bonds. The first-order chi connectivity index (χ1) is 19.6. The Bertz CT molecular complexity index is 1700. The van der Waals surface area contributed by atoms with E-state index >= 15 is 4.39 Å². The number of hydrogen-bond donors (Lipinski definition) is 1. The first-order valence-electron chi connectivity index (χ1n) is 12.2. The van der Waals surface area contributed by atoms with Crippen LogP contribution in [0.4, 0.5) is 22.4 Å². The van der Waals surface area contributed by atoms with Crippen molar-refractivity contribution in [2.45, 2.75) is 19.7 Å². The number of fused-ring (bicyclic) bond motifs is 1. The van der Waals surface area contributed by atoms with Crippen LogP contribution >= 0.6 is 0 Å². The fourth-order valence-corrected chi connectivity index (χ4v) is 4.37. The quantitative estimate of drug-likeness (QED) is 0.215.